The Labute approximate surface area is 129 Å². The zero-order valence-corrected chi connectivity index (χ0v) is 13.5. The molecular weight excluding hydrogens is 316 g/mol. The van der Waals surface area contributed by atoms with Crippen LogP contribution in [0.4, 0.5) is 5.69 Å². The van der Waals surface area contributed by atoms with Crippen molar-refractivity contribution in [3.63, 3.8) is 0 Å². The maximum absolute atomic E-state index is 11.9. The van der Waals surface area contributed by atoms with Crippen molar-refractivity contribution in [1.82, 2.24) is 5.32 Å². The fraction of sp³-hybridized carbons (Fsp3) is 0.462. The molecule has 8 heteroatoms. The number of hydrogen-bond donors (Lipinski definition) is 2. The van der Waals surface area contributed by atoms with E-state index in [4.69, 9.17) is 16.3 Å². The molecule has 21 heavy (non-hydrogen) atoms. The Bertz CT molecular complexity index is 577. The lowest BCUT2D eigenvalue weighted by molar-refractivity contribution is -0.122. The SMILES string of the molecule is CNC(=O)COc1cccc(NS(=O)(=O)CC(C)CCl)c1. The maximum atomic E-state index is 11.9. The van der Waals surface area contributed by atoms with Gasteiger partial charge in [0.15, 0.2) is 6.61 Å². The van der Waals surface area contributed by atoms with Gasteiger partial charge in [-0.3, -0.25) is 9.52 Å². The Morgan fingerprint density at radius 2 is 2.14 bits per heavy atom. The molecule has 0 fully saturated rings. The lowest BCUT2D eigenvalue weighted by atomic mass is 10.3. The Balaban J connectivity index is 2.70. The lowest BCUT2D eigenvalue weighted by Gasteiger charge is -2.12. The van der Waals surface area contributed by atoms with Crippen LogP contribution in [-0.2, 0) is 14.8 Å². The molecule has 0 saturated carbocycles. The number of alkyl halides is 1. The number of benzene rings is 1. The fourth-order valence-electron chi connectivity index (χ4n) is 1.51. The predicted molar refractivity (Wildman–Crippen MR) is 83.3 cm³/mol. The largest absolute Gasteiger partial charge is 0.484 e. The van der Waals surface area contributed by atoms with Crippen LogP contribution in [0.15, 0.2) is 24.3 Å². The van der Waals surface area contributed by atoms with E-state index in [1.165, 1.54) is 13.1 Å². The molecule has 0 aromatic heterocycles. The van der Waals surface area contributed by atoms with Gasteiger partial charge in [-0.2, -0.15) is 0 Å². The summed E-state index contributed by atoms with van der Waals surface area (Å²) in [6.45, 7) is 1.63. The van der Waals surface area contributed by atoms with Gasteiger partial charge in [-0.1, -0.05) is 13.0 Å². The second-order valence-electron chi connectivity index (χ2n) is 4.63. The summed E-state index contributed by atoms with van der Waals surface area (Å²) in [6, 6.07) is 6.41. The molecule has 6 nitrogen and oxygen atoms in total. The van der Waals surface area contributed by atoms with Gasteiger partial charge < -0.3 is 10.1 Å². The molecule has 1 unspecified atom stereocenters. The zero-order chi connectivity index (χ0) is 15.9. The van der Waals surface area contributed by atoms with Crippen LogP contribution in [0.3, 0.4) is 0 Å². The normalized spacial score (nSPS) is 12.5. The van der Waals surface area contributed by atoms with Gasteiger partial charge in [-0.05, 0) is 18.1 Å². The molecular formula is C13H19ClN2O4S. The second-order valence-corrected chi connectivity index (χ2v) is 6.71. The number of halogens is 1. The molecule has 0 bridgehead atoms. The number of likely N-dealkylation sites (N-methyl/N-ethyl adjacent to an activating group) is 1. The number of amides is 1. The van der Waals surface area contributed by atoms with Crippen molar-refractivity contribution in [3.8, 4) is 5.75 Å². The van der Waals surface area contributed by atoms with E-state index >= 15 is 0 Å². The third-order valence-corrected chi connectivity index (χ3v) is 4.60. The Hall–Kier alpha value is -1.47. The van der Waals surface area contributed by atoms with Gasteiger partial charge >= 0.3 is 0 Å². The summed E-state index contributed by atoms with van der Waals surface area (Å²) in [5.74, 6) is 0.216. The highest BCUT2D eigenvalue weighted by molar-refractivity contribution is 7.92. The molecule has 0 spiro atoms. The van der Waals surface area contributed by atoms with Crippen LogP contribution < -0.4 is 14.8 Å². The average Bonchev–Trinajstić information content (AvgIpc) is 2.43. The van der Waals surface area contributed by atoms with E-state index < -0.39 is 10.0 Å². The van der Waals surface area contributed by atoms with Crippen LogP contribution in [-0.4, -0.2) is 39.6 Å². The number of rotatable bonds is 8. The molecule has 1 aromatic rings. The number of sulfonamides is 1. The van der Waals surface area contributed by atoms with Gasteiger partial charge in [0, 0.05) is 19.0 Å². The lowest BCUT2D eigenvalue weighted by Crippen LogP contribution is -2.25. The van der Waals surface area contributed by atoms with Gasteiger partial charge in [0.25, 0.3) is 5.91 Å². The molecule has 1 rings (SSSR count). The molecule has 1 atom stereocenters. The molecule has 0 aliphatic heterocycles. The van der Waals surface area contributed by atoms with Crippen LogP contribution >= 0.6 is 11.6 Å². The quantitative estimate of drug-likeness (QED) is 0.704. The van der Waals surface area contributed by atoms with Crippen molar-refractivity contribution in [2.75, 3.05) is 30.0 Å². The molecule has 2 N–H and O–H groups in total. The molecule has 0 aliphatic carbocycles. The van der Waals surface area contributed by atoms with Gasteiger partial charge in [0.2, 0.25) is 10.0 Å². The van der Waals surface area contributed by atoms with Crippen LogP contribution in [0, 0.1) is 5.92 Å². The smallest absolute Gasteiger partial charge is 0.257 e. The highest BCUT2D eigenvalue weighted by Gasteiger charge is 2.15. The van der Waals surface area contributed by atoms with E-state index in [-0.39, 0.29) is 30.1 Å². The van der Waals surface area contributed by atoms with E-state index in [1.54, 1.807) is 25.1 Å². The Morgan fingerprint density at radius 1 is 1.43 bits per heavy atom. The van der Waals surface area contributed by atoms with E-state index in [1.807, 2.05) is 0 Å². The van der Waals surface area contributed by atoms with Crippen LogP contribution in [0.2, 0.25) is 0 Å². The number of ether oxygens (including phenoxy) is 1. The minimum absolute atomic E-state index is 0.0557. The summed E-state index contributed by atoms with van der Waals surface area (Å²) in [4.78, 5) is 11.1. The first kappa shape index (κ1) is 17.6. The fourth-order valence-corrected chi connectivity index (χ4v) is 3.19. The van der Waals surface area contributed by atoms with Crippen molar-refractivity contribution in [2.45, 2.75) is 6.92 Å². The van der Waals surface area contributed by atoms with Crippen molar-refractivity contribution in [3.05, 3.63) is 24.3 Å². The third-order valence-electron chi connectivity index (χ3n) is 2.52. The van der Waals surface area contributed by atoms with Crippen LogP contribution in [0.1, 0.15) is 6.92 Å². The summed E-state index contributed by atoms with van der Waals surface area (Å²) >= 11 is 5.62. The van der Waals surface area contributed by atoms with Gasteiger partial charge in [0.1, 0.15) is 5.75 Å². The summed E-state index contributed by atoms with van der Waals surface area (Å²) in [6.07, 6.45) is 0. The maximum Gasteiger partial charge on any atom is 0.257 e. The van der Waals surface area contributed by atoms with Crippen molar-refractivity contribution < 1.29 is 17.9 Å². The first-order valence-electron chi connectivity index (χ1n) is 6.36. The summed E-state index contributed by atoms with van der Waals surface area (Å²) in [5, 5.41) is 2.43. The minimum atomic E-state index is -3.47. The molecule has 0 radical (unpaired) electrons. The van der Waals surface area contributed by atoms with E-state index in [9.17, 15) is 13.2 Å². The van der Waals surface area contributed by atoms with E-state index in [2.05, 4.69) is 10.0 Å². The van der Waals surface area contributed by atoms with Crippen molar-refractivity contribution in [1.29, 1.82) is 0 Å². The minimum Gasteiger partial charge on any atom is -0.484 e. The molecule has 0 heterocycles. The van der Waals surface area contributed by atoms with E-state index in [0.717, 1.165) is 0 Å². The second kappa shape index (κ2) is 8.09. The average molecular weight is 335 g/mol. The summed E-state index contributed by atoms with van der Waals surface area (Å²) < 4.78 is 31.5. The Kier molecular flexibility index (Phi) is 6.77. The molecule has 0 aliphatic rings. The predicted octanol–water partition coefficient (Wildman–Crippen LogP) is 1.43. The highest BCUT2D eigenvalue weighted by Crippen LogP contribution is 2.19. The molecule has 118 valence electrons. The first-order chi connectivity index (χ1) is 9.86. The molecule has 0 saturated heterocycles. The zero-order valence-electron chi connectivity index (χ0n) is 11.9. The molecule has 1 amide bonds. The number of carbonyl (C=O) groups is 1. The topological polar surface area (TPSA) is 84.5 Å². The highest BCUT2D eigenvalue weighted by atomic mass is 35.5. The van der Waals surface area contributed by atoms with Gasteiger partial charge in [-0.15, -0.1) is 11.6 Å². The summed E-state index contributed by atoms with van der Waals surface area (Å²) in [5.41, 5.74) is 0.381. The van der Waals surface area contributed by atoms with Crippen LogP contribution in [0.5, 0.6) is 5.75 Å². The van der Waals surface area contributed by atoms with Crippen LogP contribution in [0.25, 0.3) is 0 Å². The number of anilines is 1. The van der Waals surface area contributed by atoms with Gasteiger partial charge in [0.05, 0.1) is 11.4 Å². The third kappa shape index (κ3) is 6.68. The number of carbonyl (C=O) groups excluding carboxylic acids is 1. The summed E-state index contributed by atoms with van der Waals surface area (Å²) in [7, 11) is -1.96. The standard InChI is InChI=1S/C13H19ClN2O4S/c1-10(7-14)9-21(18,19)16-11-4-3-5-12(6-11)20-8-13(17)15-2/h3-6,10,16H,7-9H2,1-2H3,(H,15,17). The Morgan fingerprint density at radius 3 is 2.76 bits per heavy atom. The molecule has 1 aromatic carbocycles. The van der Waals surface area contributed by atoms with Crippen molar-refractivity contribution in [2.24, 2.45) is 5.92 Å². The number of hydrogen-bond acceptors (Lipinski definition) is 4. The van der Waals surface area contributed by atoms with Crippen molar-refractivity contribution >= 4 is 33.2 Å². The van der Waals surface area contributed by atoms with E-state index in [0.29, 0.717) is 11.4 Å². The number of nitrogens with one attached hydrogen (secondary N) is 2. The monoisotopic (exact) mass is 334 g/mol. The first-order valence-corrected chi connectivity index (χ1v) is 8.55. The van der Waals surface area contributed by atoms with Gasteiger partial charge in [-0.25, -0.2) is 8.42 Å².